The molecule has 0 aliphatic carbocycles. The maximum atomic E-state index is 7.72. The Bertz CT molecular complexity index is 8.00. The van der Waals surface area contributed by atoms with Crippen molar-refractivity contribution >= 4 is 24.7 Å². The zero-order valence-corrected chi connectivity index (χ0v) is 3.72. The molecule has 1 N–H and O–H groups in total. The summed E-state index contributed by atoms with van der Waals surface area (Å²) >= 11 is 4.35. The van der Waals surface area contributed by atoms with Crippen LogP contribution in [0.5, 0.6) is 0 Å². The van der Waals surface area contributed by atoms with E-state index in [9.17, 15) is 0 Å². The standard InChI is InChI=1S/CH4OS2/c2-4-1-3/h2-3H,1H2. The molecule has 26 valence electrons. The number of hydrogen-bond acceptors (Lipinski definition) is 3. The average molecular weight is 96.2 g/mol. The van der Waals surface area contributed by atoms with Crippen LogP contribution >= 0.6 is 24.7 Å². The molecular formula is CH4OS2. The van der Waals surface area contributed by atoms with E-state index < -0.39 is 0 Å². The van der Waals surface area contributed by atoms with E-state index in [0.717, 1.165) is 12.0 Å². The van der Waals surface area contributed by atoms with E-state index in [0.29, 0.717) is 5.08 Å². The van der Waals surface area contributed by atoms with Gasteiger partial charge in [0, 0.05) is 0 Å². The third-order valence-electron chi connectivity index (χ3n) is 0.0577. The van der Waals surface area contributed by atoms with Gasteiger partial charge in [-0.15, -0.1) is 0 Å². The number of hydrogen-bond donors (Lipinski definition) is 2. The van der Waals surface area contributed by atoms with Crippen LogP contribution in [0.15, 0.2) is 0 Å². The van der Waals surface area contributed by atoms with Gasteiger partial charge in [-0.2, -0.15) is 12.6 Å². The first-order chi connectivity index (χ1) is 1.91. The second-order valence-electron chi connectivity index (χ2n) is 0.258. The molecular weight excluding hydrogens is 92.1 g/mol. The van der Waals surface area contributed by atoms with Gasteiger partial charge in [0.15, 0.2) is 0 Å². The molecule has 0 saturated carbocycles. The van der Waals surface area contributed by atoms with Gasteiger partial charge in [0.05, 0.1) is 5.08 Å². The van der Waals surface area contributed by atoms with E-state index in [1.54, 1.807) is 0 Å². The van der Waals surface area contributed by atoms with Gasteiger partial charge in [0.25, 0.3) is 0 Å². The minimum Gasteiger partial charge on any atom is -0.329 e. The van der Waals surface area contributed by atoms with Crippen LogP contribution < -0.4 is 0 Å². The Morgan fingerprint density at radius 1 is 2.00 bits per heavy atom. The van der Waals surface area contributed by atoms with Gasteiger partial charge in [-0.1, -0.05) is 0 Å². The van der Waals surface area contributed by atoms with E-state index in [4.69, 9.17) is 4.55 Å². The smallest absolute Gasteiger partial charge is 0.0623 e. The largest absolute Gasteiger partial charge is 0.329 e. The van der Waals surface area contributed by atoms with Crippen molar-refractivity contribution in [2.75, 3.05) is 5.08 Å². The van der Waals surface area contributed by atoms with Crippen LogP contribution in [-0.4, -0.2) is 9.64 Å². The van der Waals surface area contributed by atoms with Crippen molar-refractivity contribution in [3.63, 3.8) is 0 Å². The van der Waals surface area contributed by atoms with Crippen LogP contribution in [0.4, 0.5) is 0 Å². The highest BCUT2D eigenvalue weighted by atomic mass is 32.2. The maximum Gasteiger partial charge on any atom is 0.0623 e. The molecule has 3 heteroatoms. The Hall–Kier alpha value is 0.660. The van der Waals surface area contributed by atoms with Crippen molar-refractivity contribution in [3.8, 4) is 0 Å². The second-order valence-corrected chi connectivity index (χ2v) is 1.55. The van der Waals surface area contributed by atoms with Crippen LogP contribution in [0, 0.1) is 0 Å². The van der Waals surface area contributed by atoms with Gasteiger partial charge >= 0.3 is 0 Å². The molecule has 0 fully saturated rings. The molecule has 0 heterocycles. The van der Waals surface area contributed by atoms with Crippen molar-refractivity contribution in [1.82, 2.24) is 0 Å². The molecule has 0 aromatic carbocycles. The molecule has 0 saturated heterocycles. The van der Waals surface area contributed by atoms with Crippen molar-refractivity contribution in [2.45, 2.75) is 0 Å². The Kier molecular flexibility index (Phi) is 4.26. The first-order valence-corrected chi connectivity index (χ1v) is 2.36. The topological polar surface area (TPSA) is 20.2 Å². The van der Waals surface area contributed by atoms with Crippen LogP contribution in [0.3, 0.4) is 0 Å². The van der Waals surface area contributed by atoms with E-state index in [-0.39, 0.29) is 0 Å². The number of thiol groups is 1. The normalized spacial score (nSPS) is 7.50. The molecule has 0 aromatic rings. The van der Waals surface area contributed by atoms with Crippen LogP contribution in [-0.2, 0) is 0 Å². The van der Waals surface area contributed by atoms with Crippen LogP contribution in [0.2, 0.25) is 0 Å². The molecule has 1 nitrogen and oxygen atoms in total. The summed E-state index contributed by atoms with van der Waals surface area (Å²) in [6.07, 6.45) is 0. The summed E-state index contributed by atoms with van der Waals surface area (Å²) in [5.74, 6) is 0. The molecule has 0 atom stereocenters. The van der Waals surface area contributed by atoms with E-state index in [2.05, 4.69) is 12.6 Å². The Balaban J connectivity index is 1.97. The molecule has 0 radical (unpaired) electrons. The van der Waals surface area contributed by atoms with Crippen LogP contribution in [0.1, 0.15) is 0 Å². The third kappa shape index (κ3) is 2.66. The summed E-state index contributed by atoms with van der Waals surface area (Å²) < 4.78 is 7.72. The quantitative estimate of drug-likeness (QED) is 0.289. The first-order valence-electron chi connectivity index (χ1n) is 0.787. The number of rotatable bonds is 1. The highest BCUT2D eigenvalue weighted by Crippen LogP contribution is 1.89. The summed E-state index contributed by atoms with van der Waals surface area (Å²) in [5.41, 5.74) is 0. The summed E-state index contributed by atoms with van der Waals surface area (Å²) in [7, 11) is 0. The summed E-state index contributed by atoms with van der Waals surface area (Å²) in [6.45, 7) is 0. The first kappa shape index (κ1) is 4.66. The van der Waals surface area contributed by atoms with E-state index in [1.165, 1.54) is 0 Å². The average Bonchev–Trinajstić information content (AvgIpc) is 1.37. The van der Waals surface area contributed by atoms with Gasteiger partial charge in [-0.05, 0) is 12.0 Å². The Morgan fingerprint density at radius 2 is 2.25 bits per heavy atom. The van der Waals surface area contributed by atoms with E-state index in [1.807, 2.05) is 0 Å². The lowest BCUT2D eigenvalue weighted by Gasteiger charge is -1.67. The van der Waals surface area contributed by atoms with Crippen molar-refractivity contribution in [1.29, 1.82) is 0 Å². The summed E-state index contributed by atoms with van der Waals surface area (Å²) in [6, 6.07) is 0. The minimum absolute atomic E-state index is 0.486. The second kappa shape index (κ2) is 3.66. The van der Waals surface area contributed by atoms with Crippen molar-refractivity contribution in [3.05, 3.63) is 0 Å². The van der Waals surface area contributed by atoms with Gasteiger partial charge in [0.2, 0.25) is 0 Å². The fraction of sp³-hybridized carbons (Fsp3) is 1.00. The highest BCUT2D eigenvalue weighted by Gasteiger charge is 1.58. The molecule has 0 aromatic heterocycles. The minimum atomic E-state index is 0.486. The van der Waals surface area contributed by atoms with Gasteiger partial charge in [-0.3, -0.25) is 0 Å². The Labute approximate surface area is 35.0 Å². The maximum absolute atomic E-state index is 7.72. The molecule has 0 spiro atoms. The SMILES string of the molecule is OSCS. The zero-order valence-electron chi connectivity index (χ0n) is 2.01. The lowest BCUT2D eigenvalue weighted by molar-refractivity contribution is 0.668. The predicted octanol–water partition coefficient (Wildman–Crippen LogP) is 1.08. The molecule has 0 aliphatic heterocycles. The molecule has 0 aliphatic rings. The highest BCUT2D eigenvalue weighted by molar-refractivity contribution is 8.05. The van der Waals surface area contributed by atoms with Crippen LogP contribution in [0.25, 0.3) is 0 Å². The van der Waals surface area contributed by atoms with Gasteiger partial charge < -0.3 is 4.55 Å². The molecule has 4 heavy (non-hydrogen) atoms. The van der Waals surface area contributed by atoms with Crippen molar-refractivity contribution in [2.24, 2.45) is 0 Å². The van der Waals surface area contributed by atoms with Crippen molar-refractivity contribution < 1.29 is 4.55 Å². The monoisotopic (exact) mass is 96.0 g/mol. The fourth-order valence-electron chi connectivity index (χ4n) is 0. The summed E-state index contributed by atoms with van der Waals surface area (Å²) in [5, 5.41) is 0.486. The molecule has 0 amide bonds. The fourth-order valence-corrected chi connectivity index (χ4v) is 0. The summed E-state index contributed by atoms with van der Waals surface area (Å²) in [4.78, 5) is 0. The molecule has 0 bridgehead atoms. The molecule has 0 rings (SSSR count). The van der Waals surface area contributed by atoms with Gasteiger partial charge in [-0.25, -0.2) is 0 Å². The predicted molar refractivity (Wildman–Crippen MR) is 24.1 cm³/mol. The molecule has 0 unspecified atom stereocenters. The van der Waals surface area contributed by atoms with E-state index >= 15 is 0 Å². The Morgan fingerprint density at radius 3 is 2.25 bits per heavy atom. The zero-order chi connectivity index (χ0) is 3.41. The van der Waals surface area contributed by atoms with Gasteiger partial charge in [0.1, 0.15) is 0 Å². The lowest BCUT2D eigenvalue weighted by atomic mass is 11.9. The lowest BCUT2D eigenvalue weighted by Crippen LogP contribution is -1.47. The third-order valence-corrected chi connectivity index (χ3v) is 0.520.